The molecule has 2 heterocycles. The first-order valence-electron chi connectivity index (χ1n) is 8.82. The minimum atomic E-state index is -0.219. The van der Waals surface area contributed by atoms with Crippen molar-refractivity contribution in [3.63, 3.8) is 0 Å². The highest BCUT2D eigenvalue weighted by Gasteiger charge is 2.16. The van der Waals surface area contributed by atoms with E-state index in [4.69, 9.17) is 14.2 Å². The third-order valence-electron chi connectivity index (χ3n) is 4.37. The average molecular weight is 384 g/mol. The number of anilines is 1. The summed E-state index contributed by atoms with van der Waals surface area (Å²) >= 11 is 1.41. The molecule has 6 nitrogen and oxygen atoms in total. The van der Waals surface area contributed by atoms with Crippen LogP contribution in [-0.2, 0) is 4.74 Å². The van der Waals surface area contributed by atoms with E-state index < -0.39 is 0 Å². The van der Waals surface area contributed by atoms with Gasteiger partial charge in [-0.3, -0.25) is 10.1 Å². The molecule has 1 amide bonds. The highest BCUT2D eigenvalue weighted by atomic mass is 32.1. The summed E-state index contributed by atoms with van der Waals surface area (Å²) in [6.07, 6.45) is 2.23. The summed E-state index contributed by atoms with van der Waals surface area (Å²) in [5.41, 5.74) is 1.35. The van der Waals surface area contributed by atoms with Crippen molar-refractivity contribution in [3.8, 4) is 11.5 Å². The third kappa shape index (κ3) is 4.20. The Kier molecular flexibility index (Phi) is 5.22. The number of rotatable bonds is 6. The lowest BCUT2D eigenvalue weighted by Crippen LogP contribution is -2.16. The Hall–Kier alpha value is -2.64. The maximum atomic E-state index is 12.6. The van der Waals surface area contributed by atoms with Gasteiger partial charge in [0, 0.05) is 12.2 Å². The molecule has 0 radical (unpaired) electrons. The molecule has 4 rings (SSSR count). The van der Waals surface area contributed by atoms with E-state index in [1.54, 1.807) is 19.2 Å². The minimum Gasteiger partial charge on any atom is -0.497 e. The van der Waals surface area contributed by atoms with Crippen molar-refractivity contribution in [2.24, 2.45) is 0 Å². The summed E-state index contributed by atoms with van der Waals surface area (Å²) in [6, 6.07) is 12.8. The molecule has 3 aromatic rings. The normalized spacial score (nSPS) is 16.4. The second kappa shape index (κ2) is 7.94. The van der Waals surface area contributed by atoms with Crippen molar-refractivity contribution in [3.05, 3.63) is 48.0 Å². The first-order chi connectivity index (χ1) is 13.2. The highest BCUT2D eigenvalue weighted by molar-refractivity contribution is 7.22. The number of aromatic nitrogens is 1. The van der Waals surface area contributed by atoms with Crippen LogP contribution < -0.4 is 14.8 Å². The maximum absolute atomic E-state index is 12.6. The lowest BCUT2D eigenvalue weighted by molar-refractivity contribution is 0.0679. The Bertz CT molecular complexity index is 950. The molecular formula is C20H20N2O4S. The van der Waals surface area contributed by atoms with Crippen LogP contribution in [0.25, 0.3) is 10.2 Å². The third-order valence-corrected chi connectivity index (χ3v) is 5.31. The molecule has 7 heteroatoms. The molecule has 140 valence electrons. The first kappa shape index (κ1) is 17.8. The topological polar surface area (TPSA) is 69.7 Å². The van der Waals surface area contributed by atoms with Gasteiger partial charge in [-0.25, -0.2) is 4.98 Å². The zero-order valence-electron chi connectivity index (χ0n) is 14.9. The van der Waals surface area contributed by atoms with Gasteiger partial charge in [-0.1, -0.05) is 17.4 Å². The number of benzene rings is 2. The van der Waals surface area contributed by atoms with Crippen LogP contribution in [0.3, 0.4) is 0 Å². The molecule has 1 aliphatic rings. The van der Waals surface area contributed by atoms with Crippen LogP contribution in [0.2, 0.25) is 0 Å². The lowest BCUT2D eigenvalue weighted by atomic mass is 10.2. The lowest BCUT2D eigenvalue weighted by Gasteiger charge is -2.12. The summed E-state index contributed by atoms with van der Waals surface area (Å²) in [5.74, 6) is 1.20. The van der Waals surface area contributed by atoms with Gasteiger partial charge in [0.2, 0.25) is 0 Å². The van der Waals surface area contributed by atoms with Crippen molar-refractivity contribution in [1.82, 2.24) is 4.98 Å². The molecule has 0 saturated carbocycles. The van der Waals surface area contributed by atoms with Crippen molar-refractivity contribution in [2.75, 3.05) is 25.6 Å². The zero-order chi connectivity index (χ0) is 18.6. The number of fused-ring (bicyclic) bond motifs is 1. The highest BCUT2D eigenvalue weighted by Crippen LogP contribution is 2.29. The predicted octanol–water partition coefficient (Wildman–Crippen LogP) is 4.12. The summed E-state index contributed by atoms with van der Waals surface area (Å²) in [7, 11) is 1.62. The fraction of sp³-hybridized carbons (Fsp3) is 0.300. The van der Waals surface area contributed by atoms with Crippen LogP contribution in [0.1, 0.15) is 23.2 Å². The second-order valence-electron chi connectivity index (χ2n) is 6.28. The van der Waals surface area contributed by atoms with Crippen molar-refractivity contribution < 1.29 is 19.0 Å². The molecule has 1 aromatic heterocycles. The van der Waals surface area contributed by atoms with Crippen molar-refractivity contribution in [1.29, 1.82) is 0 Å². The van der Waals surface area contributed by atoms with Crippen LogP contribution in [-0.4, -0.2) is 37.3 Å². The summed E-state index contributed by atoms with van der Waals surface area (Å²) in [5, 5.41) is 3.41. The molecular weight excluding hydrogens is 364 g/mol. The number of carbonyl (C=O) groups excluding carboxylic acids is 1. The second-order valence-corrected chi connectivity index (χ2v) is 7.31. The van der Waals surface area contributed by atoms with E-state index in [1.165, 1.54) is 11.3 Å². The van der Waals surface area contributed by atoms with E-state index in [0.29, 0.717) is 23.1 Å². The number of methoxy groups -OCH3 is 1. The molecule has 1 N–H and O–H groups in total. The van der Waals surface area contributed by atoms with Gasteiger partial charge in [0.15, 0.2) is 5.13 Å². The van der Waals surface area contributed by atoms with E-state index in [9.17, 15) is 4.79 Å². The number of hydrogen-bond donors (Lipinski definition) is 1. The molecule has 0 aliphatic carbocycles. The number of ether oxygens (including phenoxy) is 3. The molecule has 2 aromatic carbocycles. The van der Waals surface area contributed by atoms with Gasteiger partial charge in [0.05, 0.1) is 23.4 Å². The molecule has 27 heavy (non-hydrogen) atoms. The number of nitrogens with one attached hydrogen (secondary N) is 1. The quantitative estimate of drug-likeness (QED) is 0.692. The monoisotopic (exact) mass is 384 g/mol. The molecule has 1 aliphatic heterocycles. The first-order valence-corrected chi connectivity index (χ1v) is 9.63. The fourth-order valence-electron chi connectivity index (χ4n) is 2.95. The molecule has 0 spiro atoms. The van der Waals surface area contributed by atoms with Gasteiger partial charge in [0.25, 0.3) is 5.91 Å². The number of nitrogens with zero attached hydrogens (tertiary/aromatic N) is 1. The Balaban J connectivity index is 1.43. The number of carbonyl (C=O) groups is 1. The van der Waals surface area contributed by atoms with Crippen LogP contribution in [0, 0.1) is 0 Å². The molecule has 1 saturated heterocycles. The Labute approximate surface area is 161 Å². The van der Waals surface area contributed by atoms with Gasteiger partial charge in [0.1, 0.15) is 18.1 Å². The SMILES string of the molecule is COc1ccc2nc(NC(=O)c3cccc(OC[C@H]4CCCO4)c3)sc2c1. The molecule has 0 unspecified atom stereocenters. The number of amides is 1. The van der Waals surface area contributed by atoms with E-state index in [-0.39, 0.29) is 12.0 Å². The molecule has 1 atom stereocenters. The van der Waals surface area contributed by atoms with Gasteiger partial charge >= 0.3 is 0 Å². The summed E-state index contributed by atoms with van der Waals surface area (Å²) in [6.45, 7) is 1.30. The number of thiazole rings is 1. The van der Waals surface area contributed by atoms with Crippen LogP contribution in [0.5, 0.6) is 11.5 Å². The van der Waals surface area contributed by atoms with Gasteiger partial charge in [-0.05, 0) is 49.2 Å². The van der Waals surface area contributed by atoms with Crippen LogP contribution in [0.15, 0.2) is 42.5 Å². The zero-order valence-corrected chi connectivity index (χ0v) is 15.8. The number of hydrogen-bond acceptors (Lipinski definition) is 6. The Morgan fingerprint density at radius 1 is 1.30 bits per heavy atom. The standard InChI is InChI=1S/C20H20N2O4S/c1-24-14-7-8-17-18(11-14)27-20(21-17)22-19(23)13-4-2-5-15(10-13)26-12-16-6-3-9-25-16/h2,4-5,7-8,10-11,16H,3,6,9,12H2,1H3,(H,21,22,23)/t16-/m1/s1. The van der Waals surface area contributed by atoms with Gasteiger partial charge in [-0.15, -0.1) is 0 Å². The molecule has 1 fully saturated rings. The van der Waals surface area contributed by atoms with Crippen LogP contribution >= 0.6 is 11.3 Å². The van der Waals surface area contributed by atoms with E-state index in [0.717, 1.165) is 35.4 Å². The largest absolute Gasteiger partial charge is 0.497 e. The Morgan fingerprint density at radius 3 is 3.04 bits per heavy atom. The Morgan fingerprint density at radius 2 is 2.22 bits per heavy atom. The van der Waals surface area contributed by atoms with Crippen molar-refractivity contribution >= 4 is 32.6 Å². The fourth-order valence-corrected chi connectivity index (χ4v) is 3.84. The summed E-state index contributed by atoms with van der Waals surface area (Å²) in [4.78, 5) is 17.0. The van der Waals surface area contributed by atoms with E-state index in [1.807, 2.05) is 30.3 Å². The maximum Gasteiger partial charge on any atom is 0.257 e. The molecule has 0 bridgehead atoms. The summed E-state index contributed by atoms with van der Waals surface area (Å²) < 4.78 is 17.5. The van der Waals surface area contributed by atoms with E-state index >= 15 is 0 Å². The van der Waals surface area contributed by atoms with E-state index in [2.05, 4.69) is 10.3 Å². The van der Waals surface area contributed by atoms with Gasteiger partial charge < -0.3 is 14.2 Å². The van der Waals surface area contributed by atoms with Gasteiger partial charge in [-0.2, -0.15) is 0 Å². The van der Waals surface area contributed by atoms with Crippen molar-refractivity contribution in [2.45, 2.75) is 18.9 Å². The van der Waals surface area contributed by atoms with Crippen LogP contribution in [0.4, 0.5) is 5.13 Å². The predicted molar refractivity (Wildman–Crippen MR) is 105 cm³/mol. The smallest absolute Gasteiger partial charge is 0.257 e. The average Bonchev–Trinajstić information content (AvgIpc) is 3.35. The minimum absolute atomic E-state index is 0.141.